The second-order valence-electron chi connectivity index (χ2n) is 5.43. The molecule has 0 aliphatic carbocycles. The summed E-state index contributed by atoms with van der Waals surface area (Å²) in [5.41, 5.74) is -0.819. The summed E-state index contributed by atoms with van der Waals surface area (Å²) in [5.74, 6) is -0.933. The van der Waals surface area contributed by atoms with Crippen molar-refractivity contribution < 1.29 is 14.8 Å². The maximum absolute atomic E-state index is 11.1. The Morgan fingerprint density at radius 2 is 2.29 bits per heavy atom. The van der Waals surface area contributed by atoms with Crippen LogP contribution in [0.4, 0.5) is 11.5 Å². The van der Waals surface area contributed by atoms with Crippen molar-refractivity contribution in [2.75, 3.05) is 18.4 Å². The first kappa shape index (κ1) is 13.7. The lowest BCUT2D eigenvalue weighted by atomic mass is 10.1. The number of pyridine rings is 1. The van der Waals surface area contributed by atoms with Crippen LogP contribution in [0.5, 0.6) is 0 Å². The fourth-order valence-corrected chi connectivity index (χ4v) is 3.28. The number of aromatic carboxylic acids is 1. The summed E-state index contributed by atoms with van der Waals surface area (Å²) >= 11 is 0. The van der Waals surface area contributed by atoms with Crippen LogP contribution in [0, 0.1) is 10.1 Å². The van der Waals surface area contributed by atoms with Crippen LogP contribution >= 0.6 is 0 Å². The van der Waals surface area contributed by atoms with Gasteiger partial charge in [0.15, 0.2) is 0 Å². The van der Waals surface area contributed by atoms with Gasteiger partial charge in [-0.3, -0.25) is 15.0 Å². The summed E-state index contributed by atoms with van der Waals surface area (Å²) in [6, 6.07) is 1.93. The minimum atomic E-state index is -1.32. The number of carboxylic acid groups (broad SMARTS) is 1. The maximum Gasteiger partial charge on any atom is 0.342 e. The molecular weight excluding hydrogens is 276 g/mol. The van der Waals surface area contributed by atoms with Gasteiger partial charge in [0.25, 0.3) is 0 Å². The number of rotatable bonds is 4. The van der Waals surface area contributed by atoms with E-state index in [1.807, 2.05) is 0 Å². The van der Waals surface area contributed by atoms with E-state index in [4.69, 9.17) is 5.11 Å². The van der Waals surface area contributed by atoms with E-state index in [-0.39, 0.29) is 11.6 Å². The first-order valence-electron chi connectivity index (χ1n) is 6.94. The molecule has 1 aromatic heterocycles. The number of carbonyl (C=O) groups is 1. The third kappa shape index (κ3) is 2.54. The third-order valence-electron chi connectivity index (χ3n) is 4.25. The number of fused-ring (bicyclic) bond motifs is 1. The Hall–Kier alpha value is -2.22. The molecule has 0 spiro atoms. The van der Waals surface area contributed by atoms with Gasteiger partial charge in [0, 0.05) is 24.7 Å². The van der Waals surface area contributed by atoms with Crippen LogP contribution in [-0.2, 0) is 0 Å². The lowest BCUT2D eigenvalue weighted by molar-refractivity contribution is -0.385. The molecule has 3 heterocycles. The molecule has 3 rings (SSSR count). The van der Waals surface area contributed by atoms with E-state index in [0.717, 1.165) is 32.1 Å². The zero-order valence-corrected chi connectivity index (χ0v) is 11.4. The number of hydrogen-bond donors (Lipinski definition) is 2. The monoisotopic (exact) mass is 292 g/mol. The number of carboxylic acids is 1. The third-order valence-corrected chi connectivity index (χ3v) is 4.25. The zero-order chi connectivity index (χ0) is 15.0. The van der Waals surface area contributed by atoms with Gasteiger partial charge in [0.05, 0.1) is 4.92 Å². The number of hydrogen-bond acceptors (Lipinski definition) is 6. The summed E-state index contributed by atoms with van der Waals surface area (Å²) < 4.78 is 0. The smallest absolute Gasteiger partial charge is 0.342 e. The fourth-order valence-electron chi connectivity index (χ4n) is 3.28. The second-order valence-corrected chi connectivity index (χ2v) is 5.43. The van der Waals surface area contributed by atoms with E-state index >= 15 is 0 Å². The molecule has 2 aliphatic rings. The molecule has 0 bridgehead atoms. The Bertz CT molecular complexity index is 592. The molecule has 112 valence electrons. The SMILES string of the molecule is O=C(O)c1cc(NC2CCN3CCCC23)ncc1[N+](=O)[O-]. The largest absolute Gasteiger partial charge is 0.477 e. The molecule has 21 heavy (non-hydrogen) atoms. The average molecular weight is 292 g/mol. The standard InChI is InChI=1S/C13H16N4O4/c18-13(19)8-6-12(14-7-11(8)17(20)21)15-9-3-5-16-4-1-2-10(9)16/h6-7,9-10H,1-5H2,(H,14,15)(H,18,19). The molecule has 2 unspecified atom stereocenters. The van der Waals surface area contributed by atoms with Crippen molar-refractivity contribution in [3.05, 3.63) is 27.9 Å². The minimum Gasteiger partial charge on any atom is -0.477 e. The molecule has 0 radical (unpaired) electrons. The molecule has 0 saturated carbocycles. The lowest BCUT2D eigenvalue weighted by Crippen LogP contribution is -2.34. The highest BCUT2D eigenvalue weighted by molar-refractivity contribution is 5.93. The van der Waals surface area contributed by atoms with Crippen molar-refractivity contribution in [2.24, 2.45) is 0 Å². The molecule has 8 heteroatoms. The van der Waals surface area contributed by atoms with Crippen molar-refractivity contribution >= 4 is 17.5 Å². The molecule has 1 aromatic rings. The van der Waals surface area contributed by atoms with Crippen molar-refractivity contribution in [3.63, 3.8) is 0 Å². The second kappa shape index (κ2) is 5.28. The first-order chi connectivity index (χ1) is 10.1. The normalized spacial score (nSPS) is 24.8. The molecule has 0 aromatic carbocycles. The molecule has 2 atom stereocenters. The molecule has 2 fully saturated rings. The van der Waals surface area contributed by atoms with Gasteiger partial charge in [-0.1, -0.05) is 0 Å². The van der Waals surface area contributed by atoms with E-state index < -0.39 is 16.6 Å². The summed E-state index contributed by atoms with van der Waals surface area (Å²) in [5, 5.41) is 23.1. The van der Waals surface area contributed by atoms with E-state index in [9.17, 15) is 14.9 Å². The van der Waals surface area contributed by atoms with Gasteiger partial charge >= 0.3 is 11.7 Å². The molecule has 2 aliphatic heterocycles. The fraction of sp³-hybridized carbons (Fsp3) is 0.538. The zero-order valence-electron chi connectivity index (χ0n) is 11.4. The lowest BCUT2D eigenvalue weighted by Gasteiger charge is -2.21. The Morgan fingerprint density at radius 3 is 3.00 bits per heavy atom. The predicted molar refractivity (Wildman–Crippen MR) is 74.5 cm³/mol. The van der Waals surface area contributed by atoms with Crippen LogP contribution in [0.25, 0.3) is 0 Å². The summed E-state index contributed by atoms with van der Waals surface area (Å²) in [4.78, 5) is 27.6. The van der Waals surface area contributed by atoms with Crippen molar-refractivity contribution in [3.8, 4) is 0 Å². The van der Waals surface area contributed by atoms with Crippen molar-refractivity contribution in [2.45, 2.75) is 31.3 Å². The highest BCUT2D eigenvalue weighted by Crippen LogP contribution is 2.30. The Morgan fingerprint density at radius 1 is 1.48 bits per heavy atom. The van der Waals surface area contributed by atoms with E-state index in [1.54, 1.807) is 0 Å². The maximum atomic E-state index is 11.1. The van der Waals surface area contributed by atoms with Crippen LogP contribution in [0.2, 0.25) is 0 Å². The van der Waals surface area contributed by atoms with Crippen LogP contribution < -0.4 is 5.32 Å². The van der Waals surface area contributed by atoms with E-state index in [1.165, 1.54) is 12.5 Å². The Labute approximate surface area is 120 Å². The number of anilines is 1. The molecule has 8 nitrogen and oxygen atoms in total. The van der Waals surface area contributed by atoms with Crippen LogP contribution in [0.1, 0.15) is 29.6 Å². The highest BCUT2D eigenvalue weighted by Gasteiger charge is 2.37. The van der Waals surface area contributed by atoms with Gasteiger partial charge in [-0.15, -0.1) is 0 Å². The van der Waals surface area contributed by atoms with Crippen LogP contribution in [-0.4, -0.2) is 51.1 Å². The van der Waals surface area contributed by atoms with Gasteiger partial charge in [0.2, 0.25) is 0 Å². The van der Waals surface area contributed by atoms with Crippen molar-refractivity contribution in [1.82, 2.24) is 9.88 Å². The topological polar surface area (TPSA) is 109 Å². The van der Waals surface area contributed by atoms with Gasteiger partial charge in [-0.25, -0.2) is 9.78 Å². The van der Waals surface area contributed by atoms with Gasteiger partial charge in [-0.05, 0) is 25.8 Å². The molecule has 2 N–H and O–H groups in total. The summed E-state index contributed by atoms with van der Waals surface area (Å²) in [7, 11) is 0. The Kier molecular flexibility index (Phi) is 3.46. The predicted octanol–water partition coefficient (Wildman–Crippen LogP) is 1.34. The van der Waals surface area contributed by atoms with Crippen LogP contribution in [0.15, 0.2) is 12.3 Å². The quantitative estimate of drug-likeness (QED) is 0.636. The summed E-state index contributed by atoms with van der Waals surface area (Å²) in [6.45, 7) is 2.14. The number of aromatic nitrogens is 1. The number of nitrogens with zero attached hydrogens (tertiary/aromatic N) is 3. The number of nitrogens with one attached hydrogen (secondary N) is 1. The van der Waals surface area contributed by atoms with Gasteiger partial charge in [0.1, 0.15) is 17.6 Å². The molecular formula is C13H16N4O4. The molecule has 0 amide bonds. The van der Waals surface area contributed by atoms with E-state index in [2.05, 4.69) is 15.2 Å². The molecule has 2 saturated heterocycles. The average Bonchev–Trinajstić information content (AvgIpc) is 3.03. The van der Waals surface area contributed by atoms with Crippen LogP contribution in [0.3, 0.4) is 0 Å². The Balaban J connectivity index is 1.81. The summed E-state index contributed by atoms with van der Waals surface area (Å²) in [6.07, 6.45) is 4.28. The number of nitro groups is 1. The van der Waals surface area contributed by atoms with E-state index in [0.29, 0.717) is 11.9 Å². The van der Waals surface area contributed by atoms with Gasteiger partial charge < -0.3 is 10.4 Å². The highest BCUT2D eigenvalue weighted by atomic mass is 16.6. The minimum absolute atomic E-state index is 0.225. The van der Waals surface area contributed by atoms with Gasteiger partial charge in [-0.2, -0.15) is 0 Å². The first-order valence-corrected chi connectivity index (χ1v) is 6.94. The van der Waals surface area contributed by atoms with Crippen molar-refractivity contribution in [1.29, 1.82) is 0 Å².